The second kappa shape index (κ2) is 6.40. The highest BCUT2D eigenvalue weighted by molar-refractivity contribution is 7.98. The van der Waals surface area contributed by atoms with Crippen LogP contribution >= 0.6 is 11.8 Å². The smallest absolute Gasteiger partial charge is 0.282 e. The number of carbonyl (C=O) groups is 1. The molecule has 0 fully saturated rings. The minimum absolute atomic E-state index is 0.0630. The molecule has 0 aliphatic heterocycles. The second-order valence-corrected chi connectivity index (χ2v) is 5.22. The van der Waals surface area contributed by atoms with E-state index in [0.717, 1.165) is 16.2 Å². The number of aryl methyl sites for hydroxylation is 1. The van der Waals surface area contributed by atoms with Gasteiger partial charge in [0, 0.05) is 28.8 Å². The molecule has 0 bridgehead atoms. The highest BCUT2D eigenvalue weighted by Gasteiger charge is 2.20. The van der Waals surface area contributed by atoms with Gasteiger partial charge in [0.2, 0.25) is 0 Å². The standard InChI is InChI=1S/C13H14N4O3S/c1-8-9(7-15-16-8)6-14-13(18)11-5-10(21-2)3-4-12(11)17(19)20/h3-5,7H,6H2,1-2H3,(H,14,18)(H,15,16). The Morgan fingerprint density at radius 1 is 1.52 bits per heavy atom. The third kappa shape index (κ3) is 3.40. The van der Waals surface area contributed by atoms with Crippen LogP contribution in [-0.2, 0) is 6.54 Å². The van der Waals surface area contributed by atoms with Crippen LogP contribution in [-0.4, -0.2) is 27.3 Å². The molecule has 8 heteroatoms. The number of aromatic amines is 1. The zero-order valence-corrected chi connectivity index (χ0v) is 12.4. The number of amides is 1. The normalized spacial score (nSPS) is 10.4. The molecule has 2 N–H and O–H groups in total. The van der Waals surface area contributed by atoms with Gasteiger partial charge in [-0.3, -0.25) is 20.0 Å². The van der Waals surface area contributed by atoms with Crippen LogP contribution in [0.1, 0.15) is 21.6 Å². The Bertz CT molecular complexity index is 684. The van der Waals surface area contributed by atoms with Gasteiger partial charge in [-0.15, -0.1) is 11.8 Å². The van der Waals surface area contributed by atoms with Crippen molar-refractivity contribution in [2.45, 2.75) is 18.4 Å². The van der Waals surface area contributed by atoms with Gasteiger partial charge < -0.3 is 5.32 Å². The lowest BCUT2D eigenvalue weighted by molar-refractivity contribution is -0.385. The Morgan fingerprint density at radius 2 is 2.29 bits per heavy atom. The Balaban J connectivity index is 2.21. The van der Waals surface area contributed by atoms with Gasteiger partial charge in [-0.25, -0.2) is 0 Å². The summed E-state index contributed by atoms with van der Waals surface area (Å²) in [6, 6.07) is 4.50. The molecule has 0 spiro atoms. The minimum atomic E-state index is -0.553. The molecule has 110 valence electrons. The van der Waals surface area contributed by atoms with E-state index in [2.05, 4.69) is 15.5 Å². The van der Waals surface area contributed by atoms with Crippen molar-refractivity contribution in [2.75, 3.05) is 6.26 Å². The predicted molar refractivity (Wildman–Crippen MR) is 79.4 cm³/mol. The minimum Gasteiger partial charge on any atom is -0.348 e. The lowest BCUT2D eigenvalue weighted by Crippen LogP contribution is -2.24. The maximum Gasteiger partial charge on any atom is 0.282 e. The predicted octanol–water partition coefficient (Wildman–Crippen LogP) is 2.28. The van der Waals surface area contributed by atoms with Crippen molar-refractivity contribution in [1.29, 1.82) is 0 Å². The Hall–Kier alpha value is -2.35. The van der Waals surface area contributed by atoms with E-state index in [1.807, 2.05) is 13.2 Å². The molecule has 0 aliphatic carbocycles. The molecular weight excluding hydrogens is 292 g/mol. The summed E-state index contributed by atoms with van der Waals surface area (Å²) < 4.78 is 0. The summed E-state index contributed by atoms with van der Waals surface area (Å²) in [5.74, 6) is -0.474. The highest BCUT2D eigenvalue weighted by atomic mass is 32.2. The third-order valence-corrected chi connectivity index (χ3v) is 3.74. The molecule has 2 aromatic rings. The molecule has 1 aromatic carbocycles. The van der Waals surface area contributed by atoms with E-state index in [9.17, 15) is 14.9 Å². The summed E-state index contributed by atoms with van der Waals surface area (Å²) in [5.41, 5.74) is 1.55. The van der Waals surface area contributed by atoms with Crippen molar-refractivity contribution in [3.05, 3.63) is 51.3 Å². The van der Waals surface area contributed by atoms with Gasteiger partial charge in [-0.1, -0.05) is 0 Å². The average molecular weight is 306 g/mol. The van der Waals surface area contributed by atoms with Crippen LogP contribution < -0.4 is 5.32 Å². The number of carbonyl (C=O) groups excluding carboxylic acids is 1. The molecule has 1 aromatic heterocycles. The zero-order valence-electron chi connectivity index (χ0n) is 11.5. The number of nitro groups is 1. The number of rotatable bonds is 5. The molecule has 0 unspecified atom stereocenters. The summed E-state index contributed by atoms with van der Waals surface area (Å²) in [7, 11) is 0. The number of nitrogens with zero attached hydrogens (tertiary/aromatic N) is 2. The fourth-order valence-electron chi connectivity index (χ4n) is 1.81. The van der Waals surface area contributed by atoms with Crippen molar-refractivity contribution < 1.29 is 9.72 Å². The number of hydrogen-bond donors (Lipinski definition) is 2. The van der Waals surface area contributed by atoms with E-state index in [4.69, 9.17) is 0 Å². The van der Waals surface area contributed by atoms with Gasteiger partial charge in [0.15, 0.2) is 0 Å². The van der Waals surface area contributed by atoms with Gasteiger partial charge >= 0.3 is 0 Å². The fourth-order valence-corrected chi connectivity index (χ4v) is 2.25. The van der Waals surface area contributed by atoms with Gasteiger partial charge in [-0.05, 0) is 25.3 Å². The molecular formula is C13H14N4O3S. The molecule has 0 atom stereocenters. The maximum atomic E-state index is 12.2. The molecule has 2 rings (SSSR count). The van der Waals surface area contributed by atoms with Crippen LogP contribution in [0.2, 0.25) is 0 Å². The van der Waals surface area contributed by atoms with E-state index in [1.165, 1.54) is 23.9 Å². The van der Waals surface area contributed by atoms with E-state index in [1.54, 1.807) is 12.3 Å². The van der Waals surface area contributed by atoms with Crippen LogP contribution in [0.3, 0.4) is 0 Å². The summed E-state index contributed by atoms with van der Waals surface area (Å²) >= 11 is 1.42. The SMILES string of the molecule is CSc1ccc([N+](=O)[O-])c(C(=O)NCc2cn[nH]c2C)c1. The molecule has 0 saturated heterocycles. The molecule has 7 nitrogen and oxygen atoms in total. The molecule has 0 aliphatic rings. The van der Waals surface area contributed by atoms with Gasteiger partial charge in [0.1, 0.15) is 5.56 Å². The number of nitro benzene ring substituents is 1. The number of thioether (sulfide) groups is 1. The van der Waals surface area contributed by atoms with Crippen molar-refractivity contribution in [3.8, 4) is 0 Å². The van der Waals surface area contributed by atoms with Gasteiger partial charge in [0.05, 0.1) is 11.1 Å². The summed E-state index contributed by atoms with van der Waals surface area (Å²) in [6.45, 7) is 2.10. The van der Waals surface area contributed by atoms with Crippen LogP contribution in [0.5, 0.6) is 0 Å². The summed E-state index contributed by atoms with van der Waals surface area (Å²) in [5, 5.41) is 20.3. The molecule has 1 heterocycles. The van der Waals surface area contributed by atoms with Gasteiger partial charge in [0.25, 0.3) is 11.6 Å². The van der Waals surface area contributed by atoms with Crippen LogP contribution in [0.25, 0.3) is 0 Å². The van der Waals surface area contributed by atoms with E-state index < -0.39 is 10.8 Å². The third-order valence-electron chi connectivity index (χ3n) is 3.02. The van der Waals surface area contributed by atoms with Crippen molar-refractivity contribution in [3.63, 3.8) is 0 Å². The summed E-state index contributed by atoms with van der Waals surface area (Å²) in [6.07, 6.45) is 3.46. The first kappa shape index (κ1) is 15.0. The number of hydrogen-bond acceptors (Lipinski definition) is 5. The van der Waals surface area contributed by atoms with E-state index in [0.29, 0.717) is 0 Å². The first-order valence-corrected chi connectivity index (χ1v) is 7.35. The topological polar surface area (TPSA) is 101 Å². The molecule has 0 saturated carbocycles. The van der Waals surface area contributed by atoms with Crippen LogP contribution in [0, 0.1) is 17.0 Å². The van der Waals surface area contributed by atoms with Gasteiger partial charge in [-0.2, -0.15) is 5.10 Å². The highest BCUT2D eigenvalue weighted by Crippen LogP contribution is 2.24. The molecule has 1 amide bonds. The van der Waals surface area contributed by atoms with Crippen molar-refractivity contribution >= 4 is 23.4 Å². The lowest BCUT2D eigenvalue weighted by Gasteiger charge is -2.06. The maximum absolute atomic E-state index is 12.2. The number of aromatic nitrogens is 2. The lowest BCUT2D eigenvalue weighted by atomic mass is 10.1. The largest absolute Gasteiger partial charge is 0.348 e. The fraction of sp³-hybridized carbons (Fsp3) is 0.231. The monoisotopic (exact) mass is 306 g/mol. The molecule has 21 heavy (non-hydrogen) atoms. The number of H-pyrrole nitrogens is 1. The van der Waals surface area contributed by atoms with Crippen molar-refractivity contribution in [2.24, 2.45) is 0 Å². The van der Waals surface area contributed by atoms with Crippen LogP contribution in [0.4, 0.5) is 5.69 Å². The number of nitrogens with one attached hydrogen (secondary N) is 2. The second-order valence-electron chi connectivity index (χ2n) is 4.34. The Morgan fingerprint density at radius 3 is 2.86 bits per heavy atom. The Labute approximate surface area is 125 Å². The molecule has 0 radical (unpaired) electrons. The number of benzene rings is 1. The Kier molecular flexibility index (Phi) is 4.59. The van der Waals surface area contributed by atoms with E-state index in [-0.39, 0.29) is 17.8 Å². The zero-order chi connectivity index (χ0) is 15.4. The van der Waals surface area contributed by atoms with Crippen molar-refractivity contribution in [1.82, 2.24) is 15.5 Å². The van der Waals surface area contributed by atoms with Crippen LogP contribution in [0.15, 0.2) is 29.3 Å². The average Bonchev–Trinajstić information content (AvgIpc) is 2.89. The first-order chi connectivity index (χ1) is 10.0. The quantitative estimate of drug-likeness (QED) is 0.501. The van der Waals surface area contributed by atoms with E-state index >= 15 is 0 Å². The summed E-state index contributed by atoms with van der Waals surface area (Å²) in [4.78, 5) is 23.4. The first-order valence-electron chi connectivity index (χ1n) is 6.12.